The number of unbranched alkanes of at least 4 members (excludes halogenated alkanes) is 6. The first-order valence-electron chi connectivity index (χ1n) is 6.59. The fourth-order valence-electron chi connectivity index (χ4n) is 1.95. The summed E-state index contributed by atoms with van der Waals surface area (Å²) in [5.74, 6) is -1.08. The minimum Gasteiger partial charge on any atom is -0.171 e. The first-order chi connectivity index (χ1) is 7.52. The van der Waals surface area contributed by atoms with Gasteiger partial charge in [-0.25, -0.2) is 0 Å². The van der Waals surface area contributed by atoms with Gasteiger partial charge in [0.1, 0.15) is 0 Å². The quantitative estimate of drug-likeness (QED) is 0.451. The van der Waals surface area contributed by atoms with Crippen molar-refractivity contribution in [1.82, 2.24) is 0 Å². The van der Waals surface area contributed by atoms with E-state index in [0.717, 1.165) is 19.3 Å². The zero-order valence-electron chi connectivity index (χ0n) is 10.6. The van der Waals surface area contributed by atoms with E-state index < -0.39 is 12.1 Å². The Bertz CT molecular complexity index is 152. The molecule has 0 aliphatic carbocycles. The third kappa shape index (κ3) is 8.00. The molecule has 0 aromatic carbocycles. The summed E-state index contributed by atoms with van der Waals surface area (Å²) < 4.78 is 37.2. The van der Waals surface area contributed by atoms with Crippen LogP contribution in [0, 0.1) is 5.92 Å². The van der Waals surface area contributed by atoms with Crippen molar-refractivity contribution in [2.75, 3.05) is 0 Å². The van der Waals surface area contributed by atoms with Gasteiger partial charge in [-0.2, -0.15) is 13.2 Å². The Morgan fingerprint density at radius 1 is 0.812 bits per heavy atom. The van der Waals surface area contributed by atoms with E-state index in [1.165, 1.54) is 25.7 Å². The van der Waals surface area contributed by atoms with E-state index in [-0.39, 0.29) is 6.42 Å². The smallest absolute Gasteiger partial charge is 0.171 e. The van der Waals surface area contributed by atoms with Gasteiger partial charge in [0.05, 0.1) is 5.92 Å². The highest BCUT2D eigenvalue weighted by Crippen LogP contribution is 2.32. The predicted molar refractivity (Wildman–Crippen MR) is 62.4 cm³/mol. The summed E-state index contributed by atoms with van der Waals surface area (Å²) >= 11 is 0. The van der Waals surface area contributed by atoms with E-state index in [2.05, 4.69) is 6.92 Å². The van der Waals surface area contributed by atoms with Crippen molar-refractivity contribution in [3.63, 3.8) is 0 Å². The van der Waals surface area contributed by atoms with E-state index in [0.29, 0.717) is 6.42 Å². The van der Waals surface area contributed by atoms with Gasteiger partial charge in [-0.15, -0.1) is 0 Å². The van der Waals surface area contributed by atoms with Crippen molar-refractivity contribution in [2.24, 2.45) is 5.92 Å². The van der Waals surface area contributed by atoms with Crippen LogP contribution in [-0.4, -0.2) is 6.18 Å². The second-order valence-electron chi connectivity index (χ2n) is 4.56. The summed E-state index contributed by atoms with van der Waals surface area (Å²) in [5, 5.41) is 0. The van der Waals surface area contributed by atoms with E-state index >= 15 is 0 Å². The van der Waals surface area contributed by atoms with Crippen LogP contribution < -0.4 is 0 Å². The van der Waals surface area contributed by atoms with E-state index in [1.807, 2.05) is 0 Å². The molecule has 0 N–H and O–H groups in total. The Hall–Kier alpha value is -0.210. The Morgan fingerprint density at radius 2 is 1.31 bits per heavy atom. The standard InChI is InChI=1S/C13H25F3/c1-3-5-6-7-8-9-10-11-12(4-2)13(14,15)16/h12H,3-11H2,1-2H3. The van der Waals surface area contributed by atoms with Gasteiger partial charge in [0.2, 0.25) is 0 Å². The normalized spacial score (nSPS) is 14.1. The molecule has 0 rings (SSSR count). The molecule has 0 aromatic heterocycles. The molecule has 0 aliphatic heterocycles. The lowest BCUT2D eigenvalue weighted by Gasteiger charge is -2.18. The highest BCUT2D eigenvalue weighted by Gasteiger charge is 2.37. The summed E-state index contributed by atoms with van der Waals surface area (Å²) in [5.41, 5.74) is 0. The van der Waals surface area contributed by atoms with Crippen LogP contribution in [0.1, 0.15) is 71.6 Å². The second-order valence-corrected chi connectivity index (χ2v) is 4.56. The van der Waals surface area contributed by atoms with E-state index in [1.54, 1.807) is 6.92 Å². The Kier molecular flexibility index (Phi) is 8.77. The molecular weight excluding hydrogens is 213 g/mol. The summed E-state index contributed by atoms with van der Waals surface area (Å²) in [7, 11) is 0. The molecule has 98 valence electrons. The van der Waals surface area contributed by atoms with Gasteiger partial charge in [-0.3, -0.25) is 0 Å². The maximum atomic E-state index is 12.4. The second kappa shape index (κ2) is 8.89. The van der Waals surface area contributed by atoms with Gasteiger partial charge < -0.3 is 0 Å². The van der Waals surface area contributed by atoms with Crippen molar-refractivity contribution in [3.8, 4) is 0 Å². The lowest BCUT2D eigenvalue weighted by Crippen LogP contribution is -2.21. The molecule has 0 saturated carbocycles. The number of halogens is 3. The third-order valence-electron chi connectivity index (χ3n) is 3.11. The first kappa shape index (κ1) is 15.8. The third-order valence-corrected chi connectivity index (χ3v) is 3.11. The summed E-state index contributed by atoms with van der Waals surface area (Å²) in [6, 6.07) is 0. The predicted octanol–water partition coefficient (Wildman–Crippen LogP) is 5.72. The molecule has 3 heteroatoms. The molecule has 1 unspecified atom stereocenters. The van der Waals surface area contributed by atoms with Crippen LogP contribution in [0.15, 0.2) is 0 Å². The van der Waals surface area contributed by atoms with Crippen LogP contribution in [0.3, 0.4) is 0 Å². The van der Waals surface area contributed by atoms with Crippen molar-refractivity contribution in [3.05, 3.63) is 0 Å². The molecule has 0 aromatic rings. The topological polar surface area (TPSA) is 0 Å². The van der Waals surface area contributed by atoms with Gasteiger partial charge in [-0.1, -0.05) is 58.8 Å². The number of alkyl halides is 3. The molecule has 0 saturated heterocycles. The number of hydrogen-bond acceptors (Lipinski definition) is 0. The van der Waals surface area contributed by atoms with E-state index in [4.69, 9.17) is 0 Å². The van der Waals surface area contributed by atoms with Crippen LogP contribution >= 0.6 is 0 Å². The average Bonchev–Trinajstić information content (AvgIpc) is 2.20. The molecule has 0 nitrogen and oxygen atoms in total. The van der Waals surface area contributed by atoms with Crippen LogP contribution in [0.5, 0.6) is 0 Å². The van der Waals surface area contributed by atoms with Crippen molar-refractivity contribution >= 4 is 0 Å². The van der Waals surface area contributed by atoms with Crippen LogP contribution in [-0.2, 0) is 0 Å². The molecule has 0 bridgehead atoms. The molecule has 0 aliphatic rings. The van der Waals surface area contributed by atoms with Gasteiger partial charge in [-0.05, 0) is 12.8 Å². The summed E-state index contributed by atoms with van der Waals surface area (Å²) in [6.45, 7) is 3.79. The molecule has 16 heavy (non-hydrogen) atoms. The molecule has 0 spiro atoms. The molecular formula is C13H25F3. The van der Waals surface area contributed by atoms with Crippen molar-refractivity contribution in [1.29, 1.82) is 0 Å². The van der Waals surface area contributed by atoms with Crippen molar-refractivity contribution < 1.29 is 13.2 Å². The zero-order valence-corrected chi connectivity index (χ0v) is 10.6. The number of hydrogen-bond donors (Lipinski definition) is 0. The lowest BCUT2D eigenvalue weighted by molar-refractivity contribution is -0.177. The van der Waals surface area contributed by atoms with Crippen molar-refractivity contribution in [2.45, 2.75) is 77.8 Å². The number of rotatable bonds is 9. The van der Waals surface area contributed by atoms with Crippen LogP contribution in [0.2, 0.25) is 0 Å². The Labute approximate surface area is 97.6 Å². The van der Waals surface area contributed by atoms with Gasteiger partial charge >= 0.3 is 6.18 Å². The molecule has 0 heterocycles. The zero-order chi connectivity index (χ0) is 12.4. The lowest BCUT2D eigenvalue weighted by atomic mass is 9.97. The Balaban J connectivity index is 3.42. The molecule has 1 atom stereocenters. The maximum absolute atomic E-state index is 12.4. The van der Waals surface area contributed by atoms with Crippen LogP contribution in [0.4, 0.5) is 13.2 Å². The fourth-order valence-corrected chi connectivity index (χ4v) is 1.95. The highest BCUT2D eigenvalue weighted by atomic mass is 19.4. The van der Waals surface area contributed by atoms with Crippen LogP contribution in [0.25, 0.3) is 0 Å². The first-order valence-corrected chi connectivity index (χ1v) is 6.59. The minimum absolute atomic E-state index is 0.222. The highest BCUT2D eigenvalue weighted by molar-refractivity contribution is 4.65. The average molecular weight is 238 g/mol. The van der Waals surface area contributed by atoms with Gasteiger partial charge in [0, 0.05) is 0 Å². The molecule has 0 radical (unpaired) electrons. The molecule has 0 amide bonds. The largest absolute Gasteiger partial charge is 0.391 e. The summed E-state index contributed by atoms with van der Waals surface area (Å²) in [4.78, 5) is 0. The fraction of sp³-hybridized carbons (Fsp3) is 1.00. The minimum atomic E-state index is -3.99. The monoisotopic (exact) mass is 238 g/mol. The molecule has 0 fully saturated rings. The maximum Gasteiger partial charge on any atom is 0.391 e. The SMILES string of the molecule is CCCCCCCCCC(CC)C(F)(F)F. The van der Waals surface area contributed by atoms with Gasteiger partial charge in [0.25, 0.3) is 0 Å². The van der Waals surface area contributed by atoms with Gasteiger partial charge in [0.15, 0.2) is 0 Å². The Morgan fingerprint density at radius 3 is 1.75 bits per heavy atom. The van der Waals surface area contributed by atoms with E-state index in [9.17, 15) is 13.2 Å². The summed E-state index contributed by atoms with van der Waals surface area (Å²) in [6.07, 6.45) is 4.19.